The van der Waals surface area contributed by atoms with Gasteiger partial charge in [0.15, 0.2) is 11.6 Å². The Morgan fingerprint density at radius 3 is 2.21 bits per heavy atom. The number of halogens is 9. The molecule has 1 heterocycles. The second-order valence-corrected chi connectivity index (χ2v) is 7.85. The largest absolute Gasteiger partial charge is 0.493 e. The molecular weight excluding hydrogens is 518 g/mol. The molecule has 2 aromatic rings. The van der Waals surface area contributed by atoms with Crippen LogP contribution in [0.1, 0.15) is 27.0 Å². The van der Waals surface area contributed by atoms with E-state index in [2.05, 4.69) is 0 Å². The molecule has 0 unspecified atom stereocenters. The summed E-state index contributed by atoms with van der Waals surface area (Å²) in [7, 11) is 0. The van der Waals surface area contributed by atoms with Gasteiger partial charge in [-0.25, -0.2) is 4.39 Å². The van der Waals surface area contributed by atoms with E-state index in [1.165, 1.54) is 6.07 Å². The lowest BCUT2D eigenvalue weighted by molar-refractivity contribution is -0.173. The van der Waals surface area contributed by atoms with Crippen LogP contribution < -0.4 is 10.1 Å². The number of benzene rings is 2. The summed E-state index contributed by atoms with van der Waals surface area (Å²) in [6.07, 6.45) is -9.76. The zero-order chi connectivity index (χ0) is 25.4. The van der Waals surface area contributed by atoms with Crippen molar-refractivity contribution in [1.29, 1.82) is 0 Å². The SMILES string of the molecule is O=C(/C=C(\c1cc(Cl)c(F)c(Cl)c1)C(F)(F)F)c1ccc(CNC(=O)C(F)(F)F)c2c1CCO2. The second-order valence-electron chi connectivity index (χ2n) is 7.03. The van der Waals surface area contributed by atoms with Crippen molar-refractivity contribution < 1.29 is 45.1 Å². The summed E-state index contributed by atoms with van der Waals surface area (Å²) in [5.41, 5.74) is -1.97. The van der Waals surface area contributed by atoms with E-state index in [-0.39, 0.29) is 35.5 Å². The lowest BCUT2D eigenvalue weighted by Crippen LogP contribution is -2.36. The van der Waals surface area contributed by atoms with Crippen LogP contribution in [0.25, 0.3) is 5.57 Å². The highest BCUT2D eigenvalue weighted by Gasteiger charge is 2.39. The van der Waals surface area contributed by atoms with Crippen LogP contribution in [-0.4, -0.2) is 30.6 Å². The standard InChI is InChI=1S/C21H12Cl2F7NO3/c22-14-5-10(6-15(23)17(14)24)13(20(25,26)27)7-16(32)11-2-1-9(18-12(11)3-4-34-18)8-31-19(33)21(28,29)30/h1-2,5-7H,3-4,8H2,(H,31,33)/b13-7+. The number of rotatable bonds is 5. The predicted octanol–water partition coefficient (Wildman–Crippen LogP) is 6.07. The van der Waals surface area contributed by atoms with Crippen LogP contribution in [0.5, 0.6) is 5.75 Å². The molecule has 0 fully saturated rings. The third kappa shape index (κ3) is 5.47. The van der Waals surface area contributed by atoms with Crippen LogP contribution in [0.4, 0.5) is 30.7 Å². The summed E-state index contributed by atoms with van der Waals surface area (Å²) in [6.45, 7) is -0.551. The molecule has 1 aliphatic heterocycles. The van der Waals surface area contributed by atoms with Gasteiger partial charge in [-0.05, 0) is 23.8 Å². The number of hydrogen-bond acceptors (Lipinski definition) is 3. The highest BCUT2D eigenvalue weighted by atomic mass is 35.5. The Hall–Kier alpha value is -2.79. The van der Waals surface area contributed by atoms with Gasteiger partial charge >= 0.3 is 18.3 Å². The quantitative estimate of drug-likeness (QED) is 0.221. The van der Waals surface area contributed by atoms with E-state index in [0.29, 0.717) is 18.2 Å². The van der Waals surface area contributed by atoms with Crippen LogP contribution in [0.3, 0.4) is 0 Å². The highest BCUT2D eigenvalue weighted by Crippen LogP contribution is 2.39. The zero-order valence-corrected chi connectivity index (χ0v) is 18.1. The van der Waals surface area contributed by atoms with Gasteiger partial charge in [-0.3, -0.25) is 9.59 Å². The number of carbonyl (C=O) groups is 2. The number of alkyl halides is 6. The molecule has 1 amide bonds. The molecule has 34 heavy (non-hydrogen) atoms. The van der Waals surface area contributed by atoms with Gasteiger partial charge in [0.05, 0.1) is 22.2 Å². The van der Waals surface area contributed by atoms with Crippen LogP contribution in [-0.2, 0) is 17.8 Å². The lowest BCUT2D eigenvalue weighted by Gasteiger charge is -2.15. The number of ketones is 1. The number of carbonyl (C=O) groups excluding carboxylic acids is 2. The molecule has 0 aliphatic carbocycles. The average Bonchev–Trinajstić information content (AvgIpc) is 3.22. The predicted molar refractivity (Wildman–Crippen MR) is 108 cm³/mol. The molecular formula is C21H12Cl2F7NO3. The molecule has 0 bridgehead atoms. The van der Waals surface area contributed by atoms with Gasteiger partial charge in [-0.15, -0.1) is 0 Å². The Morgan fingerprint density at radius 2 is 1.65 bits per heavy atom. The Labute approximate surface area is 197 Å². The highest BCUT2D eigenvalue weighted by molar-refractivity contribution is 6.35. The molecule has 2 aromatic carbocycles. The first-order valence-corrected chi connectivity index (χ1v) is 10.1. The molecule has 182 valence electrons. The number of ether oxygens (including phenoxy) is 1. The van der Waals surface area contributed by atoms with Crippen molar-refractivity contribution in [2.75, 3.05) is 6.61 Å². The van der Waals surface area contributed by atoms with E-state index < -0.39 is 57.6 Å². The number of fused-ring (bicyclic) bond motifs is 1. The van der Waals surface area contributed by atoms with Crippen LogP contribution in [0, 0.1) is 5.82 Å². The van der Waals surface area contributed by atoms with Gasteiger partial charge in [-0.1, -0.05) is 35.3 Å². The van der Waals surface area contributed by atoms with Crippen LogP contribution >= 0.6 is 23.2 Å². The van der Waals surface area contributed by atoms with Crippen molar-refractivity contribution >= 4 is 40.5 Å². The fraction of sp³-hybridized carbons (Fsp3) is 0.238. The van der Waals surface area contributed by atoms with Gasteiger partial charge in [0, 0.05) is 29.7 Å². The molecule has 0 saturated heterocycles. The summed E-state index contributed by atoms with van der Waals surface area (Å²) in [6, 6.07) is 3.64. The minimum absolute atomic E-state index is 0.00292. The molecule has 1 aliphatic rings. The topological polar surface area (TPSA) is 55.4 Å². The third-order valence-corrected chi connectivity index (χ3v) is 5.33. The maximum atomic E-state index is 13.7. The molecule has 0 radical (unpaired) electrons. The van der Waals surface area contributed by atoms with Gasteiger partial charge in [0.2, 0.25) is 0 Å². The maximum absolute atomic E-state index is 13.7. The smallest absolute Gasteiger partial charge is 0.471 e. The molecule has 0 aromatic heterocycles. The monoisotopic (exact) mass is 529 g/mol. The normalized spacial score (nSPS) is 14.0. The van der Waals surface area contributed by atoms with E-state index >= 15 is 0 Å². The first-order chi connectivity index (χ1) is 15.7. The van der Waals surface area contributed by atoms with E-state index in [1.807, 2.05) is 0 Å². The summed E-state index contributed by atoms with van der Waals surface area (Å²) >= 11 is 11.2. The molecule has 13 heteroatoms. The van der Waals surface area contributed by atoms with Gasteiger partial charge in [-0.2, -0.15) is 26.3 Å². The van der Waals surface area contributed by atoms with E-state index in [0.717, 1.165) is 6.07 Å². The maximum Gasteiger partial charge on any atom is 0.471 e. The van der Waals surface area contributed by atoms with E-state index in [1.54, 1.807) is 5.32 Å². The fourth-order valence-corrected chi connectivity index (χ4v) is 3.74. The minimum Gasteiger partial charge on any atom is -0.493 e. The molecule has 1 N–H and O–H groups in total. The first-order valence-electron chi connectivity index (χ1n) is 9.31. The summed E-state index contributed by atoms with van der Waals surface area (Å²) in [5.74, 6) is -4.39. The number of hydrogen-bond donors (Lipinski definition) is 1. The van der Waals surface area contributed by atoms with Crippen molar-refractivity contribution in [3.05, 3.63) is 68.5 Å². The van der Waals surface area contributed by atoms with Crippen LogP contribution in [0.2, 0.25) is 10.0 Å². The van der Waals surface area contributed by atoms with Gasteiger partial charge in [0.1, 0.15) is 5.75 Å². The van der Waals surface area contributed by atoms with E-state index in [4.69, 9.17) is 27.9 Å². The van der Waals surface area contributed by atoms with Crippen molar-refractivity contribution in [1.82, 2.24) is 5.32 Å². The lowest BCUT2D eigenvalue weighted by atomic mass is 9.95. The average molecular weight is 530 g/mol. The molecule has 0 spiro atoms. The number of amides is 1. The number of nitrogens with one attached hydrogen (secondary N) is 1. The van der Waals surface area contributed by atoms with E-state index in [9.17, 15) is 40.3 Å². The van der Waals surface area contributed by atoms with Crippen molar-refractivity contribution in [2.45, 2.75) is 25.3 Å². The Balaban J connectivity index is 1.98. The third-order valence-electron chi connectivity index (χ3n) is 4.78. The first kappa shape index (κ1) is 25.8. The Morgan fingerprint density at radius 1 is 1.03 bits per heavy atom. The molecule has 3 rings (SSSR count). The van der Waals surface area contributed by atoms with Crippen molar-refractivity contribution in [3.63, 3.8) is 0 Å². The molecule has 4 nitrogen and oxygen atoms in total. The Kier molecular flexibility index (Phi) is 7.18. The van der Waals surface area contributed by atoms with Crippen LogP contribution in [0.15, 0.2) is 30.3 Å². The van der Waals surface area contributed by atoms with Gasteiger partial charge in [0.25, 0.3) is 0 Å². The summed E-state index contributed by atoms with van der Waals surface area (Å²) in [4.78, 5) is 23.8. The van der Waals surface area contributed by atoms with Crippen molar-refractivity contribution in [3.8, 4) is 5.75 Å². The summed E-state index contributed by atoms with van der Waals surface area (Å²) < 4.78 is 97.3. The molecule has 0 saturated carbocycles. The minimum atomic E-state index is -5.11. The summed E-state index contributed by atoms with van der Waals surface area (Å²) in [5, 5.41) is 0.308. The van der Waals surface area contributed by atoms with Crippen molar-refractivity contribution in [2.24, 2.45) is 0 Å². The molecule has 0 atom stereocenters. The van der Waals surface area contributed by atoms with Gasteiger partial charge < -0.3 is 10.1 Å². The second kappa shape index (κ2) is 9.46. The fourth-order valence-electron chi connectivity index (χ4n) is 3.25. The Bertz CT molecular complexity index is 1170. The number of allylic oxidation sites excluding steroid dienone is 2. The zero-order valence-electron chi connectivity index (χ0n) is 16.6.